The Morgan fingerprint density at radius 2 is 1.42 bits per heavy atom. The Morgan fingerprint density at radius 1 is 0.939 bits per heavy atom. The highest BCUT2D eigenvalue weighted by Crippen LogP contribution is 2.35. The molecule has 5 nitrogen and oxygen atoms in total. The number of benzene rings is 2. The molecule has 0 aromatic heterocycles. The lowest BCUT2D eigenvalue weighted by Crippen LogP contribution is -2.55. The third kappa shape index (κ3) is 6.15. The van der Waals surface area contributed by atoms with E-state index in [1.54, 1.807) is 4.90 Å². The van der Waals surface area contributed by atoms with E-state index in [1.807, 2.05) is 46.8 Å². The van der Waals surface area contributed by atoms with Gasteiger partial charge in [-0.05, 0) is 51.7 Å². The van der Waals surface area contributed by atoms with Gasteiger partial charge in [-0.1, -0.05) is 74.5 Å². The van der Waals surface area contributed by atoms with Crippen LogP contribution in [0.1, 0.15) is 59.6 Å². The summed E-state index contributed by atoms with van der Waals surface area (Å²) in [4.78, 5) is 17.5. The van der Waals surface area contributed by atoms with Crippen molar-refractivity contribution in [3.8, 4) is 0 Å². The van der Waals surface area contributed by atoms with Gasteiger partial charge in [-0.2, -0.15) is 0 Å². The van der Waals surface area contributed by atoms with Gasteiger partial charge in [0, 0.05) is 19.1 Å². The molecule has 5 heteroatoms. The average Bonchev–Trinajstić information content (AvgIpc) is 2.96. The number of ether oxygens (including phenoxy) is 2. The Morgan fingerprint density at radius 3 is 1.82 bits per heavy atom. The maximum atomic E-state index is 13.4. The summed E-state index contributed by atoms with van der Waals surface area (Å²) >= 11 is 0. The van der Waals surface area contributed by atoms with Crippen LogP contribution in [0.2, 0.25) is 0 Å². The fraction of sp³-hybridized carbons (Fsp3) is 0.536. The average molecular weight is 453 g/mol. The van der Waals surface area contributed by atoms with Crippen LogP contribution in [0.4, 0.5) is 4.79 Å². The van der Waals surface area contributed by atoms with Gasteiger partial charge in [0.05, 0.1) is 12.1 Å². The Bertz CT molecular complexity index is 838. The zero-order valence-electron chi connectivity index (χ0n) is 21.2. The first-order valence-electron chi connectivity index (χ1n) is 12.0. The second kappa shape index (κ2) is 10.3. The smallest absolute Gasteiger partial charge is 0.412 e. The van der Waals surface area contributed by atoms with Crippen molar-refractivity contribution < 1.29 is 14.3 Å². The standard InChI is InChI=1S/C28H40N2O3/c1-21(2)25(22(3)33-26(31)30-27(4,5)20-32-28(30,6)7)29(18-23-14-10-8-11-15-23)19-24-16-12-9-13-17-24/h8-17,21-22,25H,18-20H2,1-7H3/t22-,25+/m1/s1. The quantitative estimate of drug-likeness (QED) is 0.486. The lowest BCUT2D eigenvalue weighted by Gasteiger charge is -2.41. The van der Waals surface area contributed by atoms with Crippen LogP contribution in [-0.2, 0) is 22.6 Å². The molecule has 0 spiro atoms. The maximum absolute atomic E-state index is 13.4. The van der Waals surface area contributed by atoms with Crippen molar-refractivity contribution in [2.24, 2.45) is 5.92 Å². The summed E-state index contributed by atoms with van der Waals surface area (Å²) < 4.78 is 12.0. The summed E-state index contributed by atoms with van der Waals surface area (Å²) in [6.45, 7) is 16.3. The minimum absolute atomic E-state index is 0.0455. The first-order chi connectivity index (χ1) is 15.5. The molecule has 1 fully saturated rings. The molecule has 1 amide bonds. The van der Waals surface area contributed by atoms with E-state index >= 15 is 0 Å². The van der Waals surface area contributed by atoms with Gasteiger partial charge in [-0.25, -0.2) is 4.79 Å². The SMILES string of the molecule is CC(C)[C@@H]([C@@H](C)OC(=O)N1C(C)(C)COC1(C)C)N(Cc1ccccc1)Cc1ccccc1. The third-order valence-corrected chi connectivity index (χ3v) is 6.43. The Hall–Kier alpha value is -2.37. The monoisotopic (exact) mass is 452 g/mol. The van der Waals surface area contributed by atoms with E-state index in [2.05, 4.69) is 67.3 Å². The lowest BCUT2D eigenvalue weighted by molar-refractivity contribution is -0.0683. The summed E-state index contributed by atoms with van der Waals surface area (Å²) in [5.74, 6) is 0.288. The maximum Gasteiger partial charge on any atom is 0.412 e. The summed E-state index contributed by atoms with van der Waals surface area (Å²) in [5.41, 5.74) is 1.38. The molecular formula is C28H40N2O3. The first-order valence-corrected chi connectivity index (χ1v) is 12.0. The van der Waals surface area contributed by atoms with Gasteiger partial charge in [-0.3, -0.25) is 9.80 Å². The van der Waals surface area contributed by atoms with E-state index in [9.17, 15) is 4.79 Å². The molecule has 1 heterocycles. The Kier molecular flexibility index (Phi) is 7.86. The highest BCUT2D eigenvalue weighted by atomic mass is 16.6. The number of carbonyl (C=O) groups is 1. The molecule has 2 aromatic carbocycles. The lowest BCUT2D eigenvalue weighted by atomic mass is 9.96. The Balaban J connectivity index is 1.84. The predicted molar refractivity (Wildman–Crippen MR) is 133 cm³/mol. The summed E-state index contributed by atoms with van der Waals surface area (Å²) in [6, 6.07) is 21.0. The molecule has 0 radical (unpaired) electrons. The van der Waals surface area contributed by atoms with E-state index in [1.165, 1.54) is 11.1 Å². The second-order valence-corrected chi connectivity index (χ2v) is 10.6. The molecule has 0 aliphatic carbocycles. The topological polar surface area (TPSA) is 42.0 Å². The van der Waals surface area contributed by atoms with Gasteiger partial charge >= 0.3 is 6.09 Å². The van der Waals surface area contributed by atoms with E-state index in [0.717, 1.165) is 13.1 Å². The molecule has 2 aromatic rings. The first kappa shape index (κ1) is 25.3. The van der Waals surface area contributed by atoms with E-state index in [0.29, 0.717) is 6.61 Å². The normalized spacial score (nSPS) is 19.0. The van der Waals surface area contributed by atoms with Gasteiger partial charge in [0.25, 0.3) is 0 Å². The van der Waals surface area contributed by atoms with Crippen molar-refractivity contribution in [3.63, 3.8) is 0 Å². The minimum Gasteiger partial charge on any atom is -0.445 e. The third-order valence-electron chi connectivity index (χ3n) is 6.43. The molecule has 2 atom stereocenters. The van der Waals surface area contributed by atoms with Crippen LogP contribution >= 0.6 is 0 Å². The van der Waals surface area contributed by atoms with Crippen LogP contribution in [0, 0.1) is 5.92 Å². The van der Waals surface area contributed by atoms with Crippen molar-refractivity contribution in [1.82, 2.24) is 9.80 Å². The molecule has 0 saturated carbocycles. The molecule has 180 valence electrons. The number of hydrogen-bond donors (Lipinski definition) is 0. The molecule has 0 unspecified atom stereocenters. The van der Waals surface area contributed by atoms with Crippen LogP contribution in [0.5, 0.6) is 0 Å². The largest absolute Gasteiger partial charge is 0.445 e. The van der Waals surface area contributed by atoms with Crippen LogP contribution < -0.4 is 0 Å². The number of hydrogen-bond acceptors (Lipinski definition) is 4. The number of amides is 1. The fourth-order valence-electron chi connectivity index (χ4n) is 5.12. The molecule has 0 N–H and O–H groups in total. The van der Waals surface area contributed by atoms with E-state index in [4.69, 9.17) is 9.47 Å². The highest BCUT2D eigenvalue weighted by molar-refractivity contribution is 5.70. The number of nitrogens with zero attached hydrogens (tertiary/aromatic N) is 2. The zero-order valence-corrected chi connectivity index (χ0v) is 21.2. The van der Waals surface area contributed by atoms with Gasteiger partial charge in [0.2, 0.25) is 0 Å². The molecule has 3 rings (SSSR count). The number of carbonyl (C=O) groups excluding carboxylic acids is 1. The highest BCUT2D eigenvalue weighted by Gasteiger charge is 2.50. The van der Waals surface area contributed by atoms with E-state index < -0.39 is 11.3 Å². The molecule has 1 aliphatic heterocycles. The van der Waals surface area contributed by atoms with Crippen LogP contribution in [-0.4, -0.2) is 45.9 Å². The minimum atomic E-state index is -0.693. The molecule has 33 heavy (non-hydrogen) atoms. The van der Waals surface area contributed by atoms with Gasteiger partial charge < -0.3 is 9.47 Å². The van der Waals surface area contributed by atoms with Gasteiger partial charge in [0.1, 0.15) is 11.8 Å². The fourth-order valence-corrected chi connectivity index (χ4v) is 5.12. The van der Waals surface area contributed by atoms with Crippen molar-refractivity contribution in [3.05, 3.63) is 71.8 Å². The van der Waals surface area contributed by atoms with Gasteiger partial charge in [0.15, 0.2) is 0 Å². The van der Waals surface area contributed by atoms with E-state index in [-0.39, 0.29) is 24.2 Å². The predicted octanol–water partition coefficient (Wildman–Crippen LogP) is 6.09. The van der Waals surface area contributed by atoms with Crippen LogP contribution in [0.3, 0.4) is 0 Å². The molecule has 1 aliphatic rings. The van der Waals surface area contributed by atoms with Crippen molar-refractivity contribution in [2.45, 2.75) is 85.0 Å². The summed E-state index contributed by atoms with van der Waals surface area (Å²) in [7, 11) is 0. The molecule has 1 saturated heterocycles. The zero-order chi connectivity index (χ0) is 24.2. The summed E-state index contributed by atoms with van der Waals surface area (Å²) in [6.07, 6.45) is -0.614. The molecule has 0 bridgehead atoms. The Labute approximate surface area is 199 Å². The molecular weight excluding hydrogens is 412 g/mol. The summed E-state index contributed by atoms with van der Waals surface area (Å²) in [5, 5.41) is 0. The van der Waals surface area contributed by atoms with Crippen LogP contribution in [0.15, 0.2) is 60.7 Å². The van der Waals surface area contributed by atoms with Crippen molar-refractivity contribution >= 4 is 6.09 Å². The van der Waals surface area contributed by atoms with Crippen molar-refractivity contribution in [2.75, 3.05) is 6.61 Å². The second-order valence-electron chi connectivity index (χ2n) is 10.6. The van der Waals surface area contributed by atoms with Crippen molar-refractivity contribution in [1.29, 1.82) is 0 Å². The van der Waals surface area contributed by atoms with Crippen LogP contribution in [0.25, 0.3) is 0 Å². The van der Waals surface area contributed by atoms with Gasteiger partial charge in [-0.15, -0.1) is 0 Å². The number of rotatable bonds is 8.